The molecule has 1 unspecified atom stereocenters. The Morgan fingerprint density at radius 3 is 2.63 bits per heavy atom. The van der Waals surface area contributed by atoms with Gasteiger partial charge in [-0.1, -0.05) is 6.92 Å². The summed E-state index contributed by atoms with van der Waals surface area (Å²) in [6.07, 6.45) is 5.51. The number of piperazine rings is 1. The van der Waals surface area contributed by atoms with Gasteiger partial charge in [0.2, 0.25) is 15.9 Å². The second-order valence-corrected chi connectivity index (χ2v) is 10.2. The molecule has 0 aliphatic carbocycles. The average molecular weight is 402 g/mol. The second kappa shape index (κ2) is 8.32. The van der Waals surface area contributed by atoms with Crippen molar-refractivity contribution in [2.75, 3.05) is 45.0 Å². The Morgan fingerprint density at radius 2 is 2.00 bits per heavy atom. The van der Waals surface area contributed by atoms with E-state index in [0.29, 0.717) is 52.1 Å². The highest BCUT2D eigenvalue weighted by Gasteiger charge is 2.52. The number of aliphatic hydroxyl groups is 1. The zero-order valence-corrected chi connectivity index (χ0v) is 17.0. The van der Waals surface area contributed by atoms with E-state index in [1.54, 1.807) is 4.31 Å². The lowest BCUT2D eigenvalue weighted by Gasteiger charge is -2.44. The Kier molecular flexibility index (Phi) is 6.47. The number of fused-ring (bicyclic) bond motifs is 2. The van der Waals surface area contributed by atoms with E-state index in [1.165, 1.54) is 0 Å². The van der Waals surface area contributed by atoms with Crippen molar-refractivity contribution in [1.82, 2.24) is 14.1 Å². The van der Waals surface area contributed by atoms with Gasteiger partial charge >= 0.3 is 0 Å². The first-order valence-electron chi connectivity index (χ1n) is 10.0. The van der Waals surface area contributed by atoms with Gasteiger partial charge in [0.1, 0.15) is 5.54 Å². The van der Waals surface area contributed by atoms with Gasteiger partial charge in [0, 0.05) is 45.3 Å². The zero-order chi connectivity index (χ0) is 19.7. The summed E-state index contributed by atoms with van der Waals surface area (Å²) in [5, 5.41) is 10.6. The number of hydrogen-bond donors (Lipinski definition) is 2. The van der Waals surface area contributed by atoms with Crippen LogP contribution in [0, 0.1) is 6.42 Å². The minimum absolute atomic E-state index is 0.193. The number of carbonyl (C=O) groups is 1. The van der Waals surface area contributed by atoms with Crippen LogP contribution in [0.5, 0.6) is 0 Å². The summed E-state index contributed by atoms with van der Waals surface area (Å²) < 4.78 is 25.9. The van der Waals surface area contributed by atoms with Crippen LogP contribution in [0.15, 0.2) is 0 Å². The van der Waals surface area contributed by atoms with Gasteiger partial charge in [-0.15, -0.1) is 0 Å². The fourth-order valence-electron chi connectivity index (χ4n) is 4.88. The summed E-state index contributed by atoms with van der Waals surface area (Å²) in [7, 11) is -3.15. The number of amides is 1. The van der Waals surface area contributed by atoms with Gasteiger partial charge in [0.05, 0.1) is 11.9 Å². The lowest BCUT2D eigenvalue weighted by atomic mass is 9.87. The molecule has 9 heteroatoms. The number of carbonyl (C=O) groups excluding carboxylic acids is 1. The van der Waals surface area contributed by atoms with Crippen molar-refractivity contribution in [3.63, 3.8) is 0 Å². The van der Waals surface area contributed by atoms with E-state index < -0.39 is 21.7 Å². The minimum Gasteiger partial charge on any atom is -0.390 e. The maximum Gasteiger partial charge on any atom is 0.237 e. The molecule has 3 saturated heterocycles. The third kappa shape index (κ3) is 4.32. The number of hydrogen-bond acceptors (Lipinski definition) is 6. The van der Waals surface area contributed by atoms with Gasteiger partial charge in [0.15, 0.2) is 0 Å². The second-order valence-electron chi connectivity index (χ2n) is 8.14. The van der Waals surface area contributed by atoms with Crippen LogP contribution in [0.3, 0.4) is 0 Å². The number of primary amides is 1. The third-order valence-corrected chi connectivity index (χ3v) is 8.40. The summed E-state index contributed by atoms with van der Waals surface area (Å²) in [5.41, 5.74) is 5.09. The summed E-state index contributed by atoms with van der Waals surface area (Å²) in [6, 6.07) is 0.289. The van der Waals surface area contributed by atoms with Crippen molar-refractivity contribution in [3.8, 4) is 0 Å². The molecule has 3 heterocycles. The maximum absolute atomic E-state index is 12.2. The van der Waals surface area contributed by atoms with Crippen LogP contribution in [0.25, 0.3) is 0 Å². The number of β-amino-alcohol motifs (C(OH)–C–C–N with tert-alkyl or cyclic N) is 1. The standard InChI is InChI=1S/C18H33N4O4S/c1-2-12-27(25,26)21-10-8-20(9-11-21)13-16(23)14-22-15-4-3-6-18(22,7-5-15)17(19)24/h3,15-16,23H,2,4-14H2,1H3,(H2,19,24)/t15-,16?,18+/m1/s1. The lowest BCUT2D eigenvalue weighted by molar-refractivity contribution is -0.131. The highest BCUT2D eigenvalue weighted by atomic mass is 32.2. The monoisotopic (exact) mass is 401 g/mol. The van der Waals surface area contributed by atoms with Crippen LogP contribution in [-0.2, 0) is 14.8 Å². The van der Waals surface area contributed by atoms with E-state index in [-0.39, 0.29) is 17.7 Å². The van der Waals surface area contributed by atoms with Crippen LogP contribution in [0.4, 0.5) is 0 Å². The minimum atomic E-state index is -3.15. The molecular formula is C18H33N4O4S. The SMILES string of the molecule is CCCS(=O)(=O)N1CCN(CC(O)CN2[C@@H]3C[CH]C[C@@]2(C(N)=O)CC3)CC1. The molecule has 0 saturated carbocycles. The smallest absolute Gasteiger partial charge is 0.237 e. The van der Waals surface area contributed by atoms with Crippen molar-refractivity contribution >= 4 is 15.9 Å². The van der Waals surface area contributed by atoms with Gasteiger partial charge in [-0.05, 0) is 38.5 Å². The zero-order valence-electron chi connectivity index (χ0n) is 16.2. The lowest BCUT2D eigenvalue weighted by Crippen LogP contribution is -2.60. The number of sulfonamides is 1. The molecule has 1 amide bonds. The molecule has 0 aromatic heterocycles. The number of nitrogens with two attached hydrogens (primary N) is 1. The Labute approximate surface area is 162 Å². The first kappa shape index (κ1) is 21.0. The number of rotatable bonds is 8. The molecular weight excluding hydrogens is 368 g/mol. The van der Waals surface area contributed by atoms with Crippen LogP contribution >= 0.6 is 0 Å². The Morgan fingerprint density at radius 1 is 1.30 bits per heavy atom. The van der Waals surface area contributed by atoms with E-state index in [2.05, 4.69) is 16.2 Å². The molecule has 3 N–H and O–H groups in total. The molecule has 1 radical (unpaired) electrons. The summed E-state index contributed by atoms with van der Waals surface area (Å²) >= 11 is 0. The van der Waals surface area contributed by atoms with Crippen LogP contribution in [0.2, 0.25) is 0 Å². The highest BCUT2D eigenvalue weighted by Crippen LogP contribution is 2.43. The van der Waals surface area contributed by atoms with Crippen molar-refractivity contribution in [2.45, 2.75) is 56.7 Å². The predicted molar refractivity (Wildman–Crippen MR) is 103 cm³/mol. The van der Waals surface area contributed by atoms with Crippen molar-refractivity contribution in [1.29, 1.82) is 0 Å². The number of aliphatic hydroxyl groups excluding tert-OH is 1. The van der Waals surface area contributed by atoms with Crippen LogP contribution in [-0.4, -0.2) is 96.2 Å². The van der Waals surface area contributed by atoms with E-state index in [9.17, 15) is 18.3 Å². The van der Waals surface area contributed by atoms with Crippen molar-refractivity contribution in [2.24, 2.45) is 5.73 Å². The molecule has 3 atom stereocenters. The molecule has 0 aromatic carbocycles. The molecule has 2 bridgehead atoms. The van der Waals surface area contributed by atoms with E-state index in [4.69, 9.17) is 5.73 Å². The quantitative estimate of drug-likeness (QED) is 0.562. The normalized spacial score (nSPS) is 31.9. The Bertz CT molecular complexity index is 631. The summed E-state index contributed by atoms with van der Waals surface area (Å²) in [4.78, 5) is 16.3. The van der Waals surface area contributed by atoms with E-state index >= 15 is 0 Å². The molecule has 8 nitrogen and oxygen atoms in total. The summed E-state index contributed by atoms with van der Waals surface area (Å²) in [6.45, 7) is 4.99. The average Bonchev–Trinajstić information content (AvgIpc) is 2.81. The van der Waals surface area contributed by atoms with Gasteiger partial charge in [-0.2, -0.15) is 4.31 Å². The van der Waals surface area contributed by atoms with Crippen LogP contribution in [0.1, 0.15) is 39.0 Å². The fraction of sp³-hybridized carbons (Fsp3) is 0.889. The van der Waals surface area contributed by atoms with Crippen molar-refractivity contribution < 1.29 is 18.3 Å². The maximum atomic E-state index is 12.2. The fourth-order valence-corrected chi connectivity index (χ4v) is 6.38. The molecule has 3 aliphatic rings. The molecule has 0 spiro atoms. The first-order chi connectivity index (χ1) is 12.8. The predicted octanol–water partition coefficient (Wildman–Crippen LogP) is -0.609. The molecule has 0 aromatic rings. The summed E-state index contributed by atoms with van der Waals surface area (Å²) in [5.74, 6) is -0.0963. The largest absolute Gasteiger partial charge is 0.390 e. The Balaban J connectivity index is 1.52. The van der Waals surface area contributed by atoms with Gasteiger partial charge in [0.25, 0.3) is 0 Å². The highest BCUT2D eigenvalue weighted by molar-refractivity contribution is 7.89. The molecule has 155 valence electrons. The molecule has 3 fully saturated rings. The van der Waals surface area contributed by atoms with Crippen molar-refractivity contribution in [3.05, 3.63) is 6.42 Å². The number of nitrogens with zero attached hydrogens (tertiary/aromatic N) is 3. The van der Waals surface area contributed by atoms with Gasteiger partial charge in [-0.25, -0.2) is 8.42 Å². The molecule has 27 heavy (non-hydrogen) atoms. The van der Waals surface area contributed by atoms with E-state index in [0.717, 1.165) is 19.3 Å². The topological polar surface area (TPSA) is 107 Å². The first-order valence-corrected chi connectivity index (χ1v) is 11.7. The Hall–Kier alpha value is -0.740. The van der Waals surface area contributed by atoms with Gasteiger partial charge in [-0.3, -0.25) is 14.6 Å². The van der Waals surface area contributed by atoms with E-state index in [1.807, 2.05) is 6.92 Å². The number of piperidine rings is 1. The molecule has 3 aliphatic heterocycles. The third-order valence-electron chi connectivity index (χ3n) is 6.32. The van der Waals surface area contributed by atoms with Crippen LogP contribution < -0.4 is 5.73 Å². The van der Waals surface area contributed by atoms with Gasteiger partial charge < -0.3 is 10.8 Å². The molecule has 3 rings (SSSR count).